The Morgan fingerprint density at radius 1 is 1.12 bits per heavy atom. The Morgan fingerprint density at radius 3 is 2.38 bits per heavy atom. The van der Waals surface area contributed by atoms with E-state index in [1.807, 2.05) is 24.0 Å². The molecular weight excluding hydrogens is 349 g/mol. The molecule has 0 aliphatic carbocycles. The van der Waals surface area contributed by atoms with Crippen LogP contribution in [0.15, 0.2) is 18.2 Å². The minimum Gasteiger partial charge on any atom is -0.399 e. The molecule has 2 aliphatic heterocycles. The van der Waals surface area contributed by atoms with Crippen LogP contribution in [0.5, 0.6) is 0 Å². The summed E-state index contributed by atoms with van der Waals surface area (Å²) in [6.07, 6.45) is 2.23. The fourth-order valence-electron chi connectivity index (χ4n) is 3.38. The van der Waals surface area contributed by atoms with Crippen LogP contribution in [-0.4, -0.2) is 61.1 Å². The Balaban J connectivity index is 0.00000144. The van der Waals surface area contributed by atoms with Crippen LogP contribution in [0.1, 0.15) is 28.8 Å². The second-order valence-corrected chi connectivity index (χ2v) is 6.25. The molecule has 5 nitrogen and oxygen atoms in total. The predicted molar refractivity (Wildman–Crippen MR) is 101 cm³/mol. The molecule has 3 rings (SSSR count). The van der Waals surface area contributed by atoms with Crippen molar-refractivity contribution in [2.45, 2.75) is 25.8 Å². The van der Waals surface area contributed by atoms with E-state index in [1.54, 1.807) is 6.07 Å². The molecular formula is C17H27Cl2N3O2. The van der Waals surface area contributed by atoms with Gasteiger partial charge in [0.25, 0.3) is 5.91 Å². The number of rotatable bonds is 2. The standard InChI is InChI=1S/C17H25N3O2.2ClH/c1-13-2-3-14(18)12-16(13)17(21)20-8-6-19(7-9-20)15-4-10-22-11-5-15;;/h2-3,12,15H,4-11,18H2,1H3;2*1H. The van der Waals surface area contributed by atoms with E-state index in [4.69, 9.17) is 10.5 Å². The Hall–Kier alpha value is -1.01. The lowest BCUT2D eigenvalue weighted by molar-refractivity contribution is 0.0137. The molecule has 2 heterocycles. The molecule has 0 aromatic heterocycles. The first-order valence-corrected chi connectivity index (χ1v) is 8.12. The van der Waals surface area contributed by atoms with Crippen molar-refractivity contribution in [2.24, 2.45) is 0 Å². The fourth-order valence-corrected chi connectivity index (χ4v) is 3.38. The zero-order valence-corrected chi connectivity index (χ0v) is 15.7. The molecule has 7 heteroatoms. The molecule has 0 radical (unpaired) electrons. The van der Waals surface area contributed by atoms with E-state index in [9.17, 15) is 4.79 Å². The Bertz CT molecular complexity index is 543. The fraction of sp³-hybridized carbons (Fsp3) is 0.588. The summed E-state index contributed by atoms with van der Waals surface area (Å²) in [6.45, 7) is 7.20. The van der Waals surface area contributed by atoms with E-state index >= 15 is 0 Å². The third kappa shape index (κ3) is 4.76. The van der Waals surface area contributed by atoms with Gasteiger partial charge < -0.3 is 15.4 Å². The molecule has 0 saturated carbocycles. The molecule has 0 unspecified atom stereocenters. The van der Waals surface area contributed by atoms with Crippen LogP contribution in [0.4, 0.5) is 5.69 Å². The molecule has 1 aromatic rings. The van der Waals surface area contributed by atoms with Crippen molar-refractivity contribution in [3.8, 4) is 0 Å². The Morgan fingerprint density at radius 2 is 1.75 bits per heavy atom. The Kier molecular flexibility index (Phi) is 8.30. The lowest BCUT2D eigenvalue weighted by Gasteiger charge is -2.40. The zero-order chi connectivity index (χ0) is 15.5. The van der Waals surface area contributed by atoms with Gasteiger partial charge >= 0.3 is 0 Å². The average molecular weight is 376 g/mol. The van der Waals surface area contributed by atoms with Crippen LogP contribution in [-0.2, 0) is 4.74 Å². The molecule has 0 bridgehead atoms. The minimum absolute atomic E-state index is 0. The maximum Gasteiger partial charge on any atom is 0.254 e. The van der Waals surface area contributed by atoms with Gasteiger partial charge in [-0.3, -0.25) is 9.69 Å². The topological polar surface area (TPSA) is 58.8 Å². The summed E-state index contributed by atoms with van der Waals surface area (Å²) in [6, 6.07) is 6.18. The number of nitrogens with zero attached hydrogens (tertiary/aromatic N) is 2. The van der Waals surface area contributed by atoms with Crippen molar-refractivity contribution < 1.29 is 9.53 Å². The van der Waals surface area contributed by atoms with Crippen LogP contribution >= 0.6 is 24.8 Å². The normalized spacial score (nSPS) is 19.3. The van der Waals surface area contributed by atoms with Gasteiger partial charge in [-0.05, 0) is 37.5 Å². The van der Waals surface area contributed by atoms with Crippen LogP contribution in [0.2, 0.25) is 0 Å². The summed E-state index contributed by atoms with van der Waals surface area (Å²) < 4.78 is 5.43. The summed E-state index contributed by atoms with van der Waals surface area (Å²) in [5.41, 5.74) is 8.20. The molecule has 1 amide bonds. The highest BCUT2D eigenvalue weighted by Crippen LogP contribution is 2.19. The van der Waals surface area contributed by atoms with E-state index in [2.05, 4.69) is 4.90 Å². The van der Waals surface area contributed by atoms with Gasteiger partial charge in [0.2, 0.25) is 0 Å². The van der Waals surface area contributed by atoms with Crippen molar-refractivity contribution >= 4 is 36.4 Å². The molecule has 0 atom stereocenters. The highest BCUT2D eigenvalue weighted by atomic mass is 35.5. The SMILES string of the molecule is Cc1ccc(N)cc1C(=O)N1CCN(C2CCOCC2)CC1.Cl.Cl. The number of hydrogen-bond acceptors (Lipinski definition) is 4. The smallest absolute Gasteiger partial charge is 0.254 e. The van der Waals surface area contributed by atoms with Crippen LogP contribution < -0.4 is 5.73 Å². The summed E-state index contributed by atoms with van der Waals surface area (Å²) in [7, 11) is 0. The van der Waals surface area contributed by atoms with Crippen molar-refractivity contribution in [2.75, 3.05) is 45.1 Å². The number of aryl methyl sites for hydroxylation is 1. The lowest BCUT2D eigenvalue weighted by Crippen LogP contribution is -2.53. The lowest BCUT2D eigenvalue weighted by atomic mass is 10.0. The van der Waals surface area contributed by atoms with E-state index in [1.165, 1.54) is 0 Å². The first-order valence-electron chi connectivity index (χ1n) is 8.12. The van der Waals surface area contributed by atoms with Crippen molar-refractivity contribution in [3.63, 3.8) is 0 Å². The quantitative estimate of drug-likeness (QED) is 0.806. The number of benzene rings is 1. The monoisotopic (exact) mass is 375 g/mol. The first-order chi connectivity index (χ1) is 10.6. The summed E-state index contributed by atoms with van der Waals surface area (Å²) >= 11 is 0. The molecule has 1 aromatic carbocycles. The van der Waals surface area contributed by atoms with Crippen LogP contribution in [0.3, 0.4) is 0 Å². The van der Waals surface area contributed by atoms with Crippen LogP contribution in [0, 0.1) is 6.92 Å². The maximum absolute atomic E-state index is 12.7. The molecule has 0 spiro atoms. The number of hydrogen-bond donors (Lipinski definition) is 1. The molecule has 136 valence electrons. The van der Waals surface area contributed by atoms with Crippen molar-refractivity contribution in [3.05, 3.63) is 29.3 Å². The van der Waals surface area contributed by atoms with Crippen molar-refractivity contribution in [1.29, 1.82) is 0 Å². The number of anilines is 1. The maximum atomic E-state index is 12.7. The largest absolute Gasteiger partial charge is 0.399 e. The Labute approximate surface area is 156 Å². The predicted octanol–water partition coefficient (Wildman–Crippen LogP) is 2.36. The number of carbonyl (C=O) groups is 1. The van der Waals surface area contributed by atoms with Crippen molar-refractivity contribution in [1.82, 2.24) is 9.80 Å². The molecule has 2 saturated heterocycles. The summed E-state index contributed by atoms with van der Waals surface area (Å²) in [4.78, 5) is 17.2. The van der Waals surface area contributed by atoms with E-state index in [0.29, 0.717) is 11.7 Å². The second kappa shape index (κ2) is 9.47. The number of carbonyl (C=O) groups excluding carboxylic acids is 1. The average Bonchev–Trinajstić information content (AvgIpc) is 2.57. The highest BCUT2D eigenvalue weighted by molar-refractivity contribution is 5.96. The number of nitrogens with two attached hydrogens (primary N) is 1. The number of amides is 1. The van der Waals surface area contributed by atoms with Gasteiger partial charge in [0.15, 0.2) is 0 Å². The third-order valence-electron chi connectivity index (χ3n) is 4.80. The molecule has 2 aliphatic rings. The summed E-state index contributed by atoms with van der Waals surface area (Å²) in [5, 5.41) is 0. The van der Waals surface area contributed by atoms with E-state index < -0.39 is 0 Å². The van der Waals surface area contributed by atoms with Crippen LogP contribution in [0.25, 0.3) is 0 Å². The van der Waals surface area contributed by atoms with E-state index in [0.717, 1.165) is 63.4 Å². The van der Waals surface area contributed by atoms with Gasteiger partial charge in [0.05, 0.1) is 0 Å². The van der Waals surface area contributed by atoms with E-state index in [-0.39, 0.29) is 30.7 Å². The number of piperazine rings is 1. The van der Waals surface area contributed by atoms with Gasteiger partial charge in [-0.25, -0.2) is 0 Å². The highest BCUT2D eigenvalue weighted by Gasteiger charge is 2.28. The minimum atomic E-state index is 0. The molecule has 2 N–H and O–H groups in total. The molecule has 2 fully saturated rings. The van der Waals surface area contributed by atoms with Gasteiger partial charge in [-0.2, -0.15) is 0 Å². The van der Waals surface area contributed by atoms with Gasteiger partial charge in [0.1, 0.15) is 0 Å². The number of ether oxygens (including phenoxy) is 1. The van der Waals surface area contributed by atoms with Gasteiger partial charge in [0, 0.05) is 56.7 Å². The third-order valence-corrected chi connectivity index (χ3v) is 4.80. The van der Waals surface area contributed by atoms with Gasteiger partial charge in [-0.1, -0.05) is 6.07 Å². The first kappa shape index (κ1) is 21.0. The summed E-state index contributed by atoms with van der Waals surface area (Å²) in [5.74, 6) is 0.108. The molecule has 24 heavy (non-hydrogen) atoms. The second-order valence-electron chi connectivity index (χ2n) is 6.25. The zero-order valence-electron chi connectivity index (χ0n) is 14.1. The number of halogens is 2. The van der Waals surface area contributed by atoms with Gasteiger partial charge in [-0.15, -0.1) is 24.8 Å². The number of nitrogen functional groups attached to an aromatic ring is 1.